The lowest BCUT2D eigenvalue weighted by Gasteiger charge is -2.20. The molecule has 1 heterocycles. The molecule has 1 saturated carbocycles. The largest absolute Gasteiger partial charge is 0.493 e. The van der Waals surface area contributed by atoms with E-state index in [0.717, 1.165) is 30.2 Å². The van der Waals surface area contributed by atoms with Crippen LogP contribution in [0.2, 0.25) is 5.02 Å². The molecule has 1 N–H and O–H groups in total. The van der Waals surface area contributed by atoms with E-state index < -0.39 is 5.82 Å². The standard InChI is InChI=1S/C27H27ClFN3O4/c1-32(2)13-27(8-9-27)14-35-26-30-24-20(25(33)31-26)12-21(28)22(23(24)29)19-11-17(36-15-34-3)10-16-6-4-5-7-18(16)19/h4-7,10-12H,8-9,13-15H2,1-3H3,(H,30,31,33). The fourth-order valence-electron chi connectivity index (χ4n) is 4.58. The van der Waals surface area contributed by atoms with Crippen LogP contribution in [0.15, 0.2) is 42.5 Å². The van der Waals surface area contributed by atoms with Crippen LogP contribution >= 0.6 is 11.6 Å². The first kappa shape index (κ1) is 24.5. The number of benzene rings is 3. The van der Waals surface area contributed by atoms with Gasteiger partial charge in [-0.3, -0.25) is 0 Å². The first-order valence-electron chi connectivity index (χ1n) is 11.6. The zero-order valence-electron chi connectivity index (χ0n) is 20.3. The Bertz CT molecular complexity index is 1440. The van der Waals surface area contributed by atoms with Gasteiger partial charge in [-0.25, -0.2) is 4.39 Å². The van der Waals surface area contributed by atoms with Crippen LogP contribution in [0.25, 0.3) is 32.8 Å². The second-order valence-corrected chi connectivity index (χ2v) is 9.95. The normalized spacial score (nSPS) is 14.5. The van der Waals surface area contributed by atoms with Gasteiger partial charge < -0.3 is 24.2 Å². The van der Waals surface area contributed by atoms with Crippen molar-refractivity contribution < 1.29 is 23.7 Å². The van der Waals surface area contributed by atoms with E-state index in [9.17, 15) is 5.11 Å². The van der Waals surface area contributed by atoms with Crippen LogP contribution in [0, 0.1) is 11.2 Å². The van der Waals surface area contributed by atoms with Gasteiger partial charge in [0.15, 0.2) is 12.6 Å². The molecule has 188 valence electrons. The van der Waals surface area contributed by atoms with Gasteiger partial charge in [0.25, 0.3) is 0 Å². The fraction of sp³-hybridized carbons (Fsp3) is 0.333. The summed E-state index contributed by atoms with van der Waals surface area (Å²) in [4.78, 5) is 10.5. The van der Waals surface area contributed by atoms with E-state index in [1.807, 2.05) is 44.4 Å². The van der Waals surface area contributed by atoms with Crippen molar-refractivity contribution in [2.24, 2.45) is 5.41 Å². The predicted octanol–water partition coefficient (Wildman–Crippen LogP) is 5.65. The summed E-state index contributed by atoms with van der Waals surface area (Å²) in [6.07, 6.45) is 2.07. The van der Waals surface area contributed by atoms with Gasteiger partial charge in [-0.05, 0) is 61.5 Å². The third kappa shape index (κ3) is 4.76. The highest BCUT2D eigenvalue weighted by Gasteiger charge is 2.44. The molecule has 7 nitrogen and oxygen atoms in total. The molecule has 0 aliphatic heterocycles. The van der Waals surface area contributed by atoms with Gasteiger partial charge in [-0.2, -0.15) is 9.97 Å². The van der Waals surface area contributed by atoms with Crippen LogP contribution in [-0.2, 0) is 4.74 Å². The molecule has 0 radical (unpaired) electrons. The zero-order chi connectivity index (χ0) is 25.4. The number of ether oxygens (including phenoxy) is 3. The van der Waals surface area contributed by atoms with E-state index in [2.05, 4.69) is 14.9 Å². The van der Waals surface area contributed by atoms with Gasteiger partial charge in [0.05, 0.1) is 17.0 Å². The summed E-state index contributed by atoms with van der Waals surface area (Å²) in [5.41, 5.74) is 0.648. The minimum absolute atomic E-state index is 0.0305. The number of hydrogen-bond acceptors (Lipinski definition) is 7. The molecule has 36 heavy (non-hydrogen) atoms. The van der Waals surface area contributed by atoms with Gasteiger partial charge in [0.1, 0.15) is 11.3 Å². The smallest absolute Gasteiger partial charge is 0.320 e. The Balaban J connectivity index is 1.60. The zero-order valence-corrected chi connectivity index (χ0v) is 21.1. The number of hydrogen-bond donors (Lipinski definition) is 1. The summed E-state index contributed by atoms with van der Waals surface area (Å²) >= 11 is 6.58. The van der Waals surface area contributed by atoms with E-state index in [0.29, 0.717) is 17.9 Å². The van der Waals surface area contributed by atoms with Gasteiger partial charge in [0, 0.05) is 24.6 Å². The van der Waals surface area contributed by atoms with E-state index >= 15 is 4.39 Å². The summed E-state index contributed by atoms with van der Waals surface area (Å²) in [6.45, 7) is 1.31. The SMILES string of the molecule is COCOc1cc(-c2c(Cl)cc3c(O)nc(OCC4(CN(C)C)CC4)nc3c2F)c2ccccc2c1. The molecule has 1 fully saturated rings. The molecule has 5 rings (SSSR count). The van der Waals surface area contributed by atoms with Crippen LogP contribution < -0.4 is 9.47 Å². The Morgan fingerprint density at radius 2 is 1.86 bits per heavy atom. The van der Waals surface area contributed by atoms with Crippen molar-refractivity contribution in [1.82, 2.24) is 14.9 Å². The molecular weight excluding hydrogens is 485 g/mol. The molecule has 9 heteroatoms. The van der Waals surface area contributed by atoms with E-state index in [1.165, 1.54) is 13.2 Å². The molecule has 0 saturated heterocycles. The maximum Gasteiger partial charge on any atom is 0.320 e. The van der Waals surface area contributed by atoms with Gasteiger partial charge in [0.2, 0.25) is 5.88 Å². The topological polar surface area (TPSA) is 76.9 Å². The lowest BCUT2D eigenvalue weighted by Crippen LogP contribution is -2.27. The number of aromatic hydroxyl groups is 1. The monoisotopic (exact) mass is 511 g/mol. The van der Waals surface area contributed by atoms with Crippen molar-refractivity contribution in [1.29, 1.82) is 0 Å². The maximum atomic E-state index is 16.1. The Labute approximate surface area is 213 Å². The molecule has 1 aliphatic rings. The Morgan fingerprint density at radius 3 is 2.58 bits per heavy atom. The second-order valence-electron chi connectivity index (χ2n) is 9.54. The van der Waals surface area contributed by atoms with Crippen LogP contribution in [0.5, 0.6) is 17.6 Å². The molecule has 1 aliphatic carbocycles. The van der Waals surface area contributed by atoms with E-state index in [1.54, 1.807) is 6.07 Å². The van der Waals surface area contributed by atoms with Gasteiger partial charge in [-0.1, -0.05) is 35.9 Å². The molecule has 0 atom stereocenters. The highest BCUT2D eigenvalue weighted by molar-refractivity contribution is 6.34. The Hall–Kier alpha value is -3.20. The van der Waals surface area contributed by atoms with Crippen molar-refractivity contribution in [2.75, 3.05) is 41.1 Å². The van der Waals surface area contributed by atoms with Crippen molar-refractivity contribution in [2.45, 2.75) is 12.8 Å². The van der Waals surface area contributed by atoms with E-state index in [-0.39, 0.29) is 45.6 Å². The fourth-order valence-corrected chi connectivity index (χ4v) is 4.88. The van der Waals surface area contributed by atoms with Crippen LogP contribution in [-0.4, -0.2) is 61.1 Å². The number of fused-ring (bicyclic) bond motifs is 2. The molecule has 0 unspecified atom stereocenters. The average molecular weight is 512 g/mol. The van der Waals surface area contributed by atoms with Gasteiger partial charge in [-0.15, -0.1) is 0 Å². The lowest BCUT2D eigenvalue weighted by atomic mass is 9.96. The minimum atomic E-state index is -0.677. The summed E-state index contributed by atoms with van der Waals surface area (Å²) in [5.74, 6) is -0.559. The minimum Gasteiger partial charge on any atom is -0.493 e. The number of nitrogens with zero attached hydrogens (tertiary/aromatic N) is 3. The quantitative estimate of drug-likeness (QED) is 0.291. The Morgan fingerprint density at radius 1 is 1.08 bits per heavy atom. The van der Waals surface area contributed by atoms with E-state index in [4.69, 9.17) is 25.8 Å². The molecule has 1 aromatic heterocycles. The molecule has 3 aromatic carbocycles. The Kier molecular flexibility index (Phi) is 6.59. The highest BCUT2D eigenvalue weighted by Crippen LogP contribution is 2.46. The number of rotatable bonds is 9. The van der Waals surface area contributed by atoms with Crippen LogP contribution in [0.3, 0.4) is 0 Å². The van der Waals surface area contributed by atoms with Crippen LogP contribution in [0.1, 0.15) is 12.8 Å². The summed E-state index contributed by atoms with van der Waals surface area (Å²) in [6, 6.07) is 12.5. The number of halogens is 2. The lowest BCUT2D eigenvalue weighted by molar-refractivity contribution is 0.0512. The van der Waals surface area contributed by atoms with Crippen molar-refractivity contribution in [3.05, 3.63) is 53.3 Å². The molecule has 0 bridgehead atoms. The summed E-state index contributed by atoms with van der Waals surface area (Å²) in [7, 11) is 5.55. The summed E-state index contributed by atoms with van der Waals surface area (Å²) in [5, 5.41) is 12.4. The third-order valence-electron chi connectivity index (χ3n) is 6.41. The van der Waals surface area contributed by atoms with Crippen molar-refractivity contribution >= 4 is 33.3 Å². The van der Waals surface area contributed by atoms with Crippen molar-refractivity contribution in [3.8, 4) is 28.8 Å². The molecule has 0 amide bonds. The number of aromatic nitrogens is 2. The van der Waals surface area contributed by atoms with Crippen LogP contribution in [0.4, 0.5) is 4.39 Å². The number of methoxy groups -OCH3 is 1. The highest BCUT2D eigenvalue weighted by atomic mass is 35.5. The average Bonchev–Trinajstić information content (AvgIpc) is 3.61. The first-order chi connectivity index (χ1) is 17.3. The maximum absolute atomic E-state index is 16.1. The molecule has 0 spiro atoms. The molecular formula is C27H27ClFN3O4. The first-order valence-corrected chi connectivity index (χ1v) is 12.0. The van der Waals surface area contributed by atoms with Gasteiger partial charge >= 0.3 is 6.01 Å². The van der Waals surface area contributed by atoms with Crippen molar-refractivity contribution in [3.63, 3.8) is 0 Å². The predicted molar refractivity (Wildman–Crippen MR) is 137 cm³/mol. The second kappa shape index (κ2) is 9.69. The third-order valence-corrected chi connectivity index (χ3v) is 6.70. The summed E-state index contributed by atoms with van der Waals surface area (Å²) < 4.78 is 32.7. The molecule has 4 aromatic rings.